The summed E-state index contributed by atoms with van der Waals surface area (Å²) in [5.41, 5.74) is -0.365. The van der Waals surface area contributed by atoms with Crippen LogP contribution in [0.4, 0.5) is 0 Å². The van der Waals surface area contributed by atoms with Gasteiger partial charge in [-0.2, -0.15) is 4.31 Å². The van der Waals surface area contributed by atoms with Crippen LogP contribution in [0, 0.1) is 19.8 Å². The topological polar surface area (TPSA) is 108 Å². The summed E-state index contributed by atoms with van der Waals surface area (Å²) < 4.78 is 31.8. The van der Waals surface area contributed by atoms with E-state index in [2.05, 4.69) is 0 Å². The molecule has 1 aliphatic heterocycles. The molecule has 2 heterocycles. The third-order valence-electron chi connectivity index (χ3n) is 4.19. The Kier molecular flexibility index (Phi) is 3.72. The van der Waals surface area contributed by atoms with Crippen molar-refractivity contribution < 1.29 is 27.5 Å². The Bertz CT molecular complexity index is 777. The van der Waals surface area contributed by atoms with Crippen LogP contribution in [0.15, 0.2) is 9.31 Å². The molecule has 23 heavy (non-hydrogen) atoms. The van der Waals surface area contributed by atoms with Gasteiger partial charge in [-0.05, 0) is 32.6 Å². The fourth-order valence-electron chi connectivity index (χ4n) is 2.85. The van der Waals surface area contributed by atoms with E-state index in [0.717, 1.165) is 17.1 Å². The molecule has 0 aromatic carbocycles. The number of rotatable bonds is 5. The lowest BCUT2D eigenvalue weighted by Gasteiger charge is -2.18. The van der Waals surface area contributed by atoms with Crippen LogP contribution in [-0.4, -0.2) is 54.4 Å². The Labute approximate surface area is 133 Å². The second-order valence-electron chi connectivity index (χ2n) is 6.04. The molecule has 1 N–H and O–H groups in total. The van der Waals surface area contributed by atoms with E-state index in [1.807, 2.05) is 0 Å². The fraction of sp³-hybridized carbons (Fsp3) is 0.571. The summed E-state index contributed by atoms with van der Waals surface area (Å²) in [7, 11) is -4.11. The summed E-state index contributed by atoms with van der Waals surface area (Å²) in [4.78, 5) is 24.5. The van der Waals surface area contributed by atoms with Crippen LogP contribution in [-0.2, 0) is 14.8 Å². The predicted molar refractivity (Wildman–Crippen MR) is 78.3 cm³/mol. The Morgan fingerprint density at radius 2 is 1.96 bits per heavy atom. The van der Waals surface area contributed by atoms with Gasteiger partial charge in [0.2, 0.25) is 15.9 Å². The van der Waals surface area contributed by atoms with Crippen molar-refractivity contribution in [2.45, 2.75) is 31.6 Å². The number of hydrogen-bond acceptors (Lipinski definition) is 5. The fourth-order valence-corrected chi connectivity index (χ4v) is 4.58. The number of furan rings is 1. The van der Waals surface area contributed by atoms with Crippen molar-refractivity contribution in [3.63, 3.8) is 0 Å². The molecule has 1 saturated carbocycles. The molecule has 1 amide bonds. The van der Waals surface area contributed by atoms with E-state index in [1.54, 1.807) is 0 Å². The largest absolute Gasteiger partial charge is 0.478 e. The molecule has 0 atom stereocenters. The lowest BCUT2D eigenvalue weighted by Crippen LogP contribution is -2.33. The molecule has 0 unspecified atom stereocenters. The smallest absolute Gasteiger partial charge is 0.340 e. The maximum absolute atomic E-state index is 12.8. The number of aryl methyl sites for hydroxylation is 2. The zero-order valence-corrected chi connectivity index (χ0v) is 13.7. The number of carbonyl (C=O) groups excluding carboxylic acids is 1. The molecule has 2 fully saturated rings. The maximum Gasteiger partial charge on any atom is 0.340 e. The second-order valence-corrected chi connectivity index (χ2v) is 7.91. The summed E-state index contributed by atoms with van der Waals surface area (Å²) in [5, 5.41) is 9.28. The Hall–Kier alpha value is -1.87. The van der Waals surface area contributed by atoms with Gasteiger partial charge in [0.05, 0.1) is 13.2 Å². The zero-order chi connectivity index (χ0) is 16.9. The third-order valence-corrected chi connectivity index (χ3v) is 6.12. The minimum absolute atomic E-state index is 0.0213. The average Bonchev–Trinajstić information content (AvgIpc) is 3.09. The van der Waals surface area contributed by atoms with E-state index in [4.69, 9.17) is 4.42 Å². The molecule has 1 aromatic heterocycles. The molecule has 126 valence electrons. The standard InChI is InChI=1S/C14H18N2O6S/c1-8-12(14(18)19)13(9(2)22-8)23(20,21)16-6-11(17)15(7-16)5-10-3-4-10/h10H,3-7H2,1-2H3,(H,18,19). The van der Waals surface area contributed by atoms with Gasteiger partial charge in [0, 0.05) is 6.54 Å². The highest BCUT2D eigenvalue weighted by atomic mass is 32.2. The quantitative estimate of drug-likeness (QED) is 0.848. The van der Waals surface area contributed by atoms with Crippen LogP contribution in [0.3, 0.4) is 0 Å². The van der Waals surface area contributed by atoms with Crippen molar-refractivity contribution in [2.24, 2.45) is 5.92 Å². The van der Waals surface area contributed by atoms with Gasteiger partial charge in [-0.3, -0.25) is 4.79 Å². The zero-order valence-electron chi connectivity index (χ0n) is 12.9. The van der Waals surface area contributed by atoms with Crippen molar-refractivity contribution >= 4 is 21.9 Å². The van der Waals surface area contributed by atoms with Crippen LogP contribution < -0.4 is 0 Å². The minimum Gasteiger partial charge on any atom is -0.478 e. The summed E-state index contributed by atoms with van der Waals surface area (Å²) in [6.07, 6.45) is 2.11. The number of carboxylic acids is 1. The normalized spacial score (nSPS) is 19.6. The summed E-state index contributed by atoms with van der Waals surface area (Å²) >= 11 is 0. The number of sulfonamides is 1. The van der Waals surface area contributed by atoms with Gasteiger partial charge in [-0.25, -0.2) is 13.2 Å². The van der Waals surface area contributed by atoms with Crippen molar-refractivity contribution in [3.8, 4) is 0 Å². The van der Waals surface area contributed by atoms with Crippen LogP contribution >= 0.6 is 0 Å². The van der Waals surface area contributed by atoms with Gasteiger partial charge in [0.1, 0.15) is 22.0 Å². The first kappa shape index (κ1) is 16.0. The van der Waals surface area contributed by atoms with Crippen LogP contribution in [0.2, 0.25) is 0 Å². The molecule has 2 aliphatic rings. The van der Waals surface area contributed by atoms with E-state index in [9.17, 15) is 23.1 Å². The molecule has 3 rings (SSSR count). The van der Waals surface area contributed by atoms with Gasteiger partial charge < -0.3 is 14.4 Å². The first-order valence-corrected chi connectivity index (χ1v) is 8.77. The Morgan fingerprint density at radius 3 is 2.52 bits per heavy atom. The molecule has 1 saturated heterocycles. The van der Waals surface area contributed by atoms with Gasteiger partial charge >= 0.3 is 5.97 Å². The maximum atomic E-state index is 12.8. The number of carbonyl (C=O) groups is 2. The van der Waals surface area contributed by atoms with Gasteiger partial charge in [-0.15, -0.1) is 0 Å². The van der Waals surface area contributed by atoms with Crippen molar-refractivity contribution in [3.05, 3.63) is 17.1 Å². The van der Waals surface area contributed by atoms with E-state index < -0.39 is 16.0 Å². The molecule has 0 radical (unpaired) electrons. The number of carboxylic acid groups (broad SMARTS) is 1. The first-order chi connectivity index (χ1) is 10.7. The number of amides is 1. The molecular formula is C14H18N2O6S. The lowest BCUT2D eigenvalue weighted by molar-refractivity contribution is -0.126. The molecule has 8 nitrogen and oxygen atoms in total. The van der Waals surface area contributed by atoms with Gasteiger partial charge in [0.25, 0.3) is 0 Å². The Morgan fingerprint density at radius 1 is 1.30 bits per heavy atom. The minimum atomic E-state index is -4.11. The molecule has 9 heteroatoms. The summed E-state index contributed by atoms with van der Waals surface area (Å²) in [5.74, 6) is -1.11. The second kappa shape index (κ2) is 5.34. The van der Waals surface area contributed by atoms with Crippen molar-refractivity contribution in [2.75, 3.05) is 19.8 Å². The van der Waals surface area contributed by atoms with E-state index in [0.29, 0.717) is 12.5 Å². The SMILES string of the molecule is Cc1oc(C)c(S(=O)(=O)N2CC(=O)N(CC3CC3)C2)c1C(=O)O. The Balaban J connectivity index is 1.93. The molecule has 1 aromatic rings. The summed E-state index contributed by atoms with van der Waals surface area (Å²) in [6, 6.07) is 0. The molecule has 0 bridgehead atoms. The molecular weight excluding hydrogens is 324 g/mol. The monoisotopic (exact) mass is 342 g/mol. The number of hydrogen-bond donors (Lipinski definition) is 1. The number of aromatic carboxylic acids is 1. The summed E-state index contributed by atoms with van der Waals surface area (Å²) in [6.45, 7) is 3.06. The van der Waals surface area contributed by atoms with Crippen molar-refractivity contribution in [1.82, 2.24) is 9.21 Å². The third kappa shape index (κ3) is 2.74. The lowest BCUT2D eigenvalue weighted by atomic mass is 10.2. The van der Waals surface area contributed by atoms with Crippen molar-refractivity contribution in [1.29, 1.82) is 0 Å². The predicted octanol–water partition coefficient (Wildman–Crippen LogP) is 0.795. The van der Waals surface area contributed by atoms with E-state index >= 15 is 0 Å². The average molecular weight is 342 g/mol. The van der Waals surface area contributed by atoms with Gasteiger partial charge in [-0.1, -0.05) is 0 Å². The molecule has 0 spiro atoms. The van der Waals surface area contributed by atoms with Crippen LogP contribution in [0.5, 0.6) is 0 Å². The highest BCUT2D eigenvalue weighted by Gasteiger charge is 2.42. The number of nitrogens with zero attached hydrogens (tertiary/aromatic N) is 2. The van der Waals surface area contributed by atoms with Crippen LogP contribution in [0.25, 0.3) is 0 Å². The van der Waals surface area contributed by atoms with E-state index in [-0.39, 0.29) is 41.1 Å². The first-order valence-electron chi connectivity index (χ1n) is 7.33. The highest BCUT2D eigenvalue weighted by Crippen LogP contribution is 2.33. The highest BCUT2D eigenvalue weighted by molar-refractivity contribution is 7.89. The molecule has 1 aliphatic carbocycles. The van der Waals surface area contributed by atoms with Gasteiger partial charge in [0.15, 0.2) is 0 Å². The van der Waals surface area contributed by atoms with Crippen LogP contribution in [0.1, 0.15) is 34.7 Å². The van der Waals surface area contributed by atoms with E-state index in [1.165, 1.54) is 18.7 Å².